The van der Waals surface area contributed by atoms with Crippen molar-refractivity contribution < 1.29 is 13.2 Å². The van der Waals surface area contributed by atoms with E-state index in [1.165, 1.54) is 10.5 Å². The lowest BCUT2D eigenvalue weighted by atomic mass is 9.98. The number of benzene rings is 1. The van der Waals surface area contributed by atoms with Crippen molar-refractivity contribution in [3.63, 3.8) is 0 Å². The average molecular weight is 288 g/mol. The van der Waals surface area contributed by atoms with Crippen molar-refractivity contribution in [2.24, 2.45) is 5.73 Å². The van der Waals surface area contributed by atoms with Gasteiger partial charge in [-0.25, -0.2) is 0 Å². The van der Waals surface area contributed by atoms with Crippen LogP contribution in [0.15, 0.2) is 24.3 Å². The van der Waals surface area contributed by atoms with E-state index in [1.807, 2.05) is 24.3 Å². The summed E-state index contributed by atoms with van der Waals surface area (Å²) in [5, 5.41) is 0. The van der Waals surface area contributed by atoms with Crippen LogP contribution < -0.4 is 5.73 Å². The first-order valence-electron chi connectivity index (χ1n) is 6.93. The van der Waals surface area contributed by atoms with Gasteiger partial charge in [0.25, 0.3) is 0 Å². The smallest absolute Gasteiger partial charge is 0.323 e. The fourth-order valence-corrected chi connectivity index (χ4v) is 2.26. The van der Waals surface area contributed by atoms with Crippen LogP contribution in [0.3, 0.4) is 0 Å². The molecule has 1 aromatic carbocycles. The third kappa shape index (κ3) is 4.80. The van der Waals surface area contributed by atoms with E-state index in [4.69, 9.17) is 5.73 Å². The molecular formula is C15H23F3N2. The number of nitrogens with zero attached hydrogens (tertiary/aromatic N) is 1. The van der Waals surface area contributed by atoms with E-state index in [2.05, 4.69) is 6.92 Å². The number of aryl methyl sites for hydroxylation is 1. The minimum atomic E-state index is -4.20. The first kappa shape index (κ1) is 17.0. The maximum Gasteiger partial charge on any atom is 0.401 e. The molecule has 2 N–H and O–H groups in total. The number of likely N-dealkylation sites (N-methyl/N-ethyl adjacent to an activating group) is 1. The van der Waals surface area contributed by atoms with Gasteiger partial charge in [0.2, 0.25) is 0 Å². The van der Waals surface area contributed by atoms with Gasteiger partial charge in [0.05, 0.1) is 6.54 Å². The van der Waals surface area contributed by atoms with Gasteiger partial charge in [-0.15, -0.1) is 0 Å². The molecule has 0 amide bonds. The molecule has 0 aliphatic carbocycles. The Morgan fingerprint density at radius 2 is 1.70 bits per heavy atom. The van der Waals surface area contributed by atoms with Crippen LogP contribution in [0.5, 0.6) is 0 Å². The van der Waals surface area contributed by atoms with Crippen molar-refractivity contribution in [2.45, 2.75) is 45.5 Å². The van der Waals surface area contributed by atoms with Gasteiger partial charge in [-0.05, 0) is 31.0 Å². The van der Waals surface area contributed by atoms with E-state index < -0.39 is 18.8 Å². The van der Waals surface area contributed by atoms with Gasteiger partial charge in [-0.2, -0.15) is 13.2 Å². The van der Waals surface area contributed by atoms with Crippen molar-refractivity contribution in [1.29, 1.82) is 0 Å². The van der Waals surface area contributed by atoms with E-state index in [0.717, 1.165) is 12.0 Å². The molecule has 0 saturated heterocycles. The molecule has 0 heterocycles. The summed E-state index contributed by atoms with van der Waals surface area (Å²) < 4.78 is 37.6. The number of rotatable bonds is 6. The molecule has 0 fully saturated rings. The molecule has 1 rings (SSSR count). The topological polar surface area (TPSA) is 29.3 Å². The number of hydrogen-bond acceptors (Lipinski definition) is 2. The molecule has 0 spiro atoms. The molecular weight excluding hydrogens is 265 g/mol. The maximum atomic E-state index is 12.5. The highest BCUT2D eigenvalue weighted by Crippen LogP contribution is 2.23. The Balaban J connectivity index is 2.79. The monoisotopic (exact) mass is 288 g/mol. The molecule has 2 atom stereocenters. The molecule has 114 valence electrons. The molecule has 0 aromatic heterocycles. The minimum Gasteiger partial charge on any atom is -0.323 e. The van der Waals surface area contributed by atoms with Gasteiger partial charge in [0, 0.05) is 12.1 Å². The van der Waals surface area contributed by atoms with Gasteiger partial charge in [-0.1, -0.05) is 38.1 Å². The number of halogens is 3. The number of nitrogens with two attached hydrogens (primary N) is 1. The molecule has 2 unspecified atom stereocenters. The maximum absolute atomic E-state index is 12.5. The fraction of sp³-hybridized carbons (Fsp3) is 0.600. The van der Waals surface area contributed by atoms with Crippen molar-refractivity contribution in [3.05, 3.63) is 35.4 Å². The Morgan fingerprint density at radius 1 is 1.15 bits per heavy atom. The largest absolute Gasteiger partial charge is 0.401 e. The van der Waals surface area contributed by atoms with Crippen LogP contribution in [0.1, 0.15) is 37.9 Å². The first-order valence-corrected chi connectivity index (χ1v) is 6.93. The lowest BCUT2D eigenvalue weighted by Crippen LogP contribution is -2.45. The molecule has 0 aliphatic rings. The van der Waals surface area contributed by atoms with Crippen LogP contribution in [0.4, 0.5) is 13.2 Å². The van der Waals surface area contributed by atoms with Crippen molar-refractivity contribution in [3.8, 4) is 0 Å². The molecule has 5 heteroatoms. The van der Waals surface area contributed by atoms with E-state index >= 15 is 0 Å². The molecule has 0 saturated carbocycles. The van der Waals surface area contributed by atoms with Crippen LogP contribution in [0.2, 0.25) is 0 Å². The molecule has 0 aliphatic heterocycles. The lowest BCUT2D eigenvalue weighted by Gasteiger charge is -2.32. The Bertz CT molecular complexity index is 401. The van der Waals surface area contributed by atoms with Gasteiger partial charge < -0.3 is 5.73 Å². The third-order valence-corrected chi connectivity index (χ3v) is 3.66. The fourth-order valence-electron chi connectivity index (χ4n) is 2.26. The quantitative estimate of drug-likeness (QED) is 0.868. The molecule has 20 heavy (non-hydrogen) atoms. The van der Waals surface area contributed by atoms with Gasteiger partial charge in [0.1, 0.15) is 0 Å². The lowest BCUT2D eigenvalue weighted by molar-refractivity contribution is -0.150. The second-order valence-electron chi connectivity index (χ2n) is 5.04. The Labute approximate surface area is 118 Å². The number of alkyl halides is 3. The zero-order chi connectivity index (χ0) is 15.3. The summed E-state index contributed by atoms with van der Waals surface area (Å²) in [6.07, 6.45) is -3.27. The van der Waals surface area contributed by atoms with E-state index in [1.54, 1.807) is 13.8 Å². The molecule has 2 nitrogen and oxygen atoms in total. The molecule has 1 aromatic rings. The standard InChI is InChI=1S/C15H23F3N2/c1-4-12-6-8-13(9-7-12)14(19)11(3)20(5-2)10-15(16,17)18/h6-9,11,14H,4-5,10,19H2,1-3H3. The second-order valence-corrected chi connectivity index (χ2v) is 5.04. The van der Waals surface area contributed by atoms with E-state index in [0.29, 0.717) is 6.54 Å². The van der Waals surface area contributed by atoms with E-state index in [-0.39, 0.29) is 6.04 Å². The summed E-state index contributed by atoms with van der Waals surface area (Å²) in [5.74, 6) is 0. The van der Waals surface area contributed by atoms with Gasteiger partial charge in [0.15, 0.2) is 0 Å². The van der Waals surface area contributed by atoms with Crippen LogP contribution in [0.25, 0.3) is 0 Å². The normalized spacial score (nSPS) is 15.4. The summed E-state index contributed by atoms with van der Waals surface area (Å²) in [5.41, 5.74) is 8.18. The van der Waals surface area contributed by atoms with E-state index in [9.17, 15) is 13.2 Å². The summed E-state index contributed by atoms with van der Waals surface area (Å²) in [6, 6.07) is 6.96. The Hall–Kier alpha value is -1.07. The SMILES string of the molecule is CCc1ccc(C(N)C(C)N(CC)CC(F)(F)F)cc1. The summed E-state index contributed by atoms with van der Waals surface area (Å²) in [4.78, 5) is 1.36. The van der Waals surface area contributed by atoms with Gasteiger partial charge >= 0.3 is 6.18 Å². The van der Waals surface area contributed by atoms with Crippen molar-refractivity contribution in [1.82, 2.24) is 4.90 Å². The highest BCUT2D eigenvalue weighted by atomic mass is 19.4. The second kappa shape index (κ2) is 7.09. The summed E-state index contributed by atoms with van der Waals surface area (Å²) in [7, 11) is 0. The highest BCUT2D eigenvalue weighted by Gasteiger charge is 2.33. The Morgan fingerprint density at radius 3 is 2.10 bits per heavy atom. The zero-order valence-electron chi connectivity index (χ0n) is 12.2. The van der Waals surface area contributed by atoms with Crippen LogP contribution >= 0.6 is 0 Å². The zero-order valence-corrected chi connectivity index (χ0v) is 12.2. The van der Waals surface area contributed by atoms with Crippen molar-refractivity contribution in [2.75, 3.05) is 13.1 Å². The summed E-state index contributed by atoms with van der Waals surface area (Å²) >= 11 is 0. The molecule has 0 radical (unpaired) electrons. The highest BCUT2D eigenvalue weighted by molar-refractivity contribution is 5.25. The summed E-state index contributed by atoms with van der Waals surface area (Å²) in [6.45, 7) is 4.91. The van der Waals surface area contributed by atoms with Crippen molar-refractivity contribution >= 4 is 0 Å². The van der Waals surface area contributed by atoms with Crippen LogP contribution in [-0.4, -0.2) is 30.2 Å². The van der Waals surface area contributed by atoms with Crippen LogP contribution in [0, 0.1) is 0 Å². The van der Waals surface area contributed by atoms with Crippen LogP contribution in [-0.2, 0) is 6.42 Å². The minimum absolute atomic E-state index is 0.321. The predicted octanol–water partition coefficient (Wildman–Crippen LogP) is 3.52. The average Bonchev–Trinajstić information content (AvgIpc) is 2.42. The predicted molar refractivity (Wildman–Crippen MR) is 75.5 cm³/mol. The Kier molecular flexibility index (Phi) is 6.02. The first-order chi connectivity index (χ1) is 9.28. The number of hydrogen-bond donors (Lipinski definition) is 1. The molecule has 0 bridgehead atoms. The van der Waals surface area contributed by atoms with Gasteiger partial charge in [-0.3, -0.25) is 4.90 Å². The third-order valence-electron chi connectivity index (χ3n) is 3.66.